The molecular weight excluding hydrogens is 397 g/mol. The third-order valence-electron chi connectivity index (χ3n) is 4.71. The normalized spacial score (nSPS) is 18.8. The molecule has 160 valence electrons. The van der Waals surface area contributed by atoms with Gasteiger partial charge in [-0.25, -0.2) is 4.57 Å². The Labute approximate surface area is 170 Å². The maximum atomic E-state index is 12.4. The van der Waals surface area contributed by atoms with Crippen LogP contribution in [0.1, 0.15) is 51.0 Å². The molecule has 0 fully saturated rings. The smallest absolute Gasteiger partial charge is 0.429 e. The van der Waals surface area contributed by atoms with Gasteiger partial charge in [0.15, 0.2) is 5.78 Å². The summed E-state index contributed by atoms with van der Waals surface area (Å²) >= 11 is 0. The zero-order valence-corrected chi connectivity index (χ0v) is 17.4. The van der Waals surface area contributed by atoms with E-state index in [0.717, 1.165) is 12.5 Å². The highest BCUT2D eigenvalue weighted by Gasteiger charge is 2.34. The summed E-state index contributed by atoms with van der Waals surface area (Å²) in [6.07, 6.45) is 1.22. The number of aromatic hydroxyl groups is 1. The van der Waals surface area contributed by atoms with Crippen molar-refractivity contribution in [2.24, 2.45) is 0 Å². The molecule has 0 aliphatic heterocycles. The highest BCUT2D eigenvalue weighted by atomic mass is 31.2. The second-order valence-electron chi connectivity index (χ2n) is 6.94. The van der Waals surface area contributed by atoms with Crippen LogP contribution in [-0.2, 0) is 13.9 Å². The van der Waals surface area contributed by atoms with Gasteiger partial charge in [-0.15, -0.1) is 0 Å². The number of allylic oxidation sites excluding steroid dienone is 2. The van der Waals surface area contributed by atoms with Gasteiger partial charge < -0.3 is 20.2 Å². The predicted molar refractivity (Wildman–Crippen MR) is 108 cm³/mol. The number of aliphatic hydroxyl groups is 2. The van der Waals surface area contributed by atoms with E-state index in [1.165, 1.54) is 12.1 Å². The number of rotatable bonds is 10. The van der Waals surface area contributed by atoms with Gasteiger partial charge >= 0.3 is 7.75 Å². The summed E-state index contributed by atoms with van der Waals surface area (Å²) in [6.45, 7) is 3.79. The number of hydrogen-bond acceptors (Lipinski definition) is 6. The molecule has 1 aliphatic carbocycles. The van der Waals surface area contributed by atoms with E-state index in [1.54, 1.807) is 12.1 Å². The van der Waals surface area contributed by atoms with Gasteiger partial charge in [0, 0.05) is 23.3 Å². The maximum absolute atomic E-state index is 12.4. The molecule has 0 radical (unpaired) electrons. The van der Waals surface area contributed by atoms with E-state index in [0.29, 0.717) is 18.4 Å². The van der Waals surface area contributed by atoms with Crippen molar-refractivity contribution in [1.29, 1.82) is 0 Å². The lowest BCUT2D eigenvalue weighted by atomic mass is 9.83. The first-order valence-electron chi connectivity index (χ1n) is 9.58. The highest BCUT2D eigenvalue weighted by molar-refractivity contribution is 7.50. The van der Waals surface area contributed by atoms with Crippen LogP contribution in [0.4, 0.5) is 0 Å². The van der Waals surface area contributed by atoms with Crippen LogP contribution < -0.4 is 5.09 Å². The van der Waals surface area contributed by atoms with Crippen molar-refractivity contribution in [2.75, 3.05) is 6.61 Å². The van der Waals surface area contributed by atoms with Gasteiger partial charge in [0.05, 0.1) is 19.1 Å². The Balaban J connectivity index is 2.39. The molecule has 29 heavy (non-hydrogen) atoms. The first kappa shape index (κ1) is 23.2. The van der Waals surface area contributed by atoms with Crippen molar-refractivity contribution in [1.82, 2.24) is 5.09 Å². The first-order valence-corrected chi connectivity index (χ1v) is 11.2. The fraction of sp³-hybridized carbons (Fsp3) is 0.450. The minimum absolute atomic E-state index is 0.0308. The van der Waals surface area contributed by atoms with Gasteiger partial charge in [-0.05, 0) is 30.5 Å². The average molecular weight is 425 g/mol. The summed E-state index contributed by atoms with van der Waals surface area (Å²) in [6, 6.07) is 6.37. The third-order valence-corrected chi connectivity index (χ3v) is 5.79. The molecule has 9 heteroatoms. The fourth-order valence-corrected chi connectivity index (χ4v) is 4.25. The lowest BCUT2D eigenvalue weighted by Gasteiger charge is -2.29. The van der Waals surface area contributed by atoms with Crippen LogP contribution in [0.15, 0.2) is 47.4 Å². The molecule has 0 spiro atoms. The number of carbonyl (C=O) groups excluding carboxylic acids is 1. The van der Waals surface area contributed by atoms with Gasteiger partial charge in [0.2, 0.25) is 0 Å². The highest BCUT2D eigenvalue weighted by Crippen LogP contribution is 2.42. The maximum Gasteiger partial charge on any atom is 0.429 e. The van der Waals surface area contributed by atoms with Gasteiger partial charge in [-0.3, -0.25) is 14.4 Å². The van der Waals surface area contributed by atoms with E-state index in [2.05, 4.69) is 5.09 Å². The van der Waals surface area contributed by atoms with Crippen molar-refractivity contribution in [3.63, 3.8) is 0 Å². The number of phenolic OH excluding ortho intramolecular Hbond substituents is 1. The number of benzene rings is 1. The Bertz CT molecular complexity index is 849. The molecule has 2 rings (SSSR count). The van der Waals surface area contributed by atoms with Crippen molar-refractivity contribution >= 4 is 13.5 Å². The number of ketones is 1. The van der Waals surface area contributed by atoms with Crippen LogP contribution >= 0.6 is 7.75 Å². The molecule has 1 aliphatic rings. The summed E-state index contributed by atoms with van der Waals surface area (Å²) in [7, 11) is -4.29. The molecule has 5 N–H and O–H groups in total. The van der Waals surface area contributed by atoms with E-state index < -0.39 is 31.3 Å². The third kappa shape index (κ3) is 6.18. The van der Waals surface area contributed by atoms with E-state index >= 15 is 0 Å². The molecule has 3 unspecified atom stereocenters. The minimum atomic E-state index is -4.29. The average Bonchev–Trinajstić information content (AvgIpc) is 2.61. The van der Waals surface area contributed by atoms with Gasteiger partial charge in [-0.2, -0.15) is 0 Å². The summed E-state index contributed by atoms with van der Waals surface area (Å²) in [4.78, 5) is 22.0. The summed E-state index contributed by atoms with van der Waals surface area (Å²) in [5.41, 5.74) is 0.541. The number of phenols is 1. The fourth-order valence-electron chi connectivity index (χ4n) is 3.27. The second-order valence-corrected chi connectivity index (χ2v) is 8.46. The Morgan fingerprint density at radius 1 is 1.28 bits per heavy atom. The Hall–Kier alpha value is -2.12. The number of carbonyl (C=O) groups is 1. The van der Waals surface area contributed by atoms with Crippen molar-refractivity contribution in [2.45, 2.75) is 51.6 Å². The lowest BCUT2D eigenvalue weighted by molar-refractivity contribution is -0.114. The van der Waals surface area contributed by atoms with E-state index in [9.17, 15) is 29.6 Å². The SMILES string of the molecule is CCCCOP(=O)(O)NC1=C(C(O)C(CC)c2cccc(O)c2)C(O)=CC(=O)C1. The van der Waals surface area contributed by atoms with Crippen LogP contribution in [0.25, 0.3) is 0 Å². The molecule has 0 amide bonds. The number of unbranched alkanes of at least 4 members (excludes halogenated alkanes) is 1. The van der Waals surface area contributed by atoms with Crippen LogP contribution in [0.2, 0.25) is 0 Å². The summed E-state index contributed by atoms with van der Waals surface area (Å²) < 4.78 is 17.4. The van der Waals surface area contributed by atoms with Gasteiger partial charge in [0.1, 0.15) is 11.5 Å². The van der Waals surface area contributed by atoms with Gasteiger partial charge in [0.25, 0.3) is 0 Å². The molecule has 1 aromatic carbocycles. The minimum Gasteiger partial charge on any atom is -0.508 e. The molecule has 0 aromatic heterocycles. The standard InChI is InChI=1S/C20H28NO7P/c1-3-5-9-28-29(26,27)21-17-11-15(23)12-18(24)19(17)20(25)16(4-2)13-7-6-8-14(22)10-13/h6-8,10,12,16,20,22,24-25H,3-5,9,11H2,1-2H3,(H2,21,26,27). The van der Waals surface area contributed by atoms with E-state index in [4.69, 9.17) is 4.52 Å². The van der Waals surface area contributed by atoms with Crippen LogP contribution in [-0.4, -0.2) is 38.7 Å². The van der Waals surface area contributed by atoms with Crippen LogP contribution in [0.3, 0.4) is 0 Å². The second kappa shape index (κ2) is 10.1. The molecule has 0 bridgehead atoms. The summed E-state index contributed by atoms with van der Waals surface area (Å²) in [5.74, 6) is -1.44. The molecule has 0 heterocycles. The molecule has 8 nitrogen and oxygen atoms in total. The monoisotopic (exact) mass is 425 g/mol. The quantitative estimate of drug-likeness (QED) is 0.284. The first-order chi connectivity index (χ1) is 13.7. The lowest BCUT2D eigenvalue weighted by Crippen LogP contribution is -2.29. The molecule has 3 atom stereocenters. The molecular formula is C20H28NO7P. The number of nitrogens with one attached hydrogen (secondary N) is 1. The Morgan fingerprint density at radius 2 is 2.00 bits per heavy atom. The van der Waals surface area contributed by atoms with Crippen LogP contribution in [0.5, 0.6) is 5.75 Å². The molecule has 0 saturated heterocycles. The number of aliphatic hydroxyl groups excluding tert-OH is 2. The zero-order valence-electron chi connectivity index (χ0n) is 16.5. The topological polar surface area (TPSA) is 136 Å². The largest absolute Gasteiger partial charge is 0.508 e. The molecule has 0 saturated carbocycles. The van der Waals surface area contributed by atoms with E-state index in [1.807, 2.05) is 13.8 Å². The number of hydrogen-bond donors (Lipinski definition) is 5. The van der Waals surface area contributed by atoms with Crippen molar-refractivity contribution in [3.8, 4) is 5.75 Å². The molecule has 1 aromatic rings. The summed E-state index contributed by atoms with van der Waals surface area (Å²) in [5, 5.41) is 33.4. The zero-order chi connectivity index (χ0) is 21.6. The van der Waals surface area contributed by atoms with Crippen LogP contribution in [0, 0.1) is 0 Å². The van der Waals surface area contributed by atoms with Crippen molar-refractivity contribution < 1.29 is 34.1 Å². The van der Waals surface area contributed by atoms with E-state index in [-0.39, 0.29) is 30.0 Å². The van der Waals surface area contributed by atoms with Crippen molar-refractivity contribution in [3.05, 3.63) is 52.9 Å². The predicted octanol–water partition coefficient (Wildman–Crippen LogP) is 3.42. The van der Waals surface area contributed by atoms with Gasteiger partial charge in [-0.1, -0.05) is 32.4 Å². The Morgan fingerprint density at radius 3 is 2.62 bits per heavy atom. The Kier molecular flexibility index (Phi) is 8.05.